The number of hydrogen-bond acceptors (Lipinski definition) is 5. The molecule has 2 unspecified atom stereocenters. The van der Waals surface area contributed by atoms with Crippen LogP contribution >= 0.6 is 7.52 Å². The van der Waals surface area contributed by atoms with Gasteiger partial charge in [0, 0.05) is 14.0 Å². The quantitative estimate of drug-likeness (QED) is 0.503. The van der Waals surface area contributed by atoms with E-state index in [-0.39, 0.29) is 0 Å². The maximum atomic E-state index is 11.9. The van der Waals surface area contributed by atoms with Gasteiger partial charge in [0.25, 0.3) is 0 Å². The minimum atomic E-state index is -3.47. The summed E-state index contributed by atoms with van der Waals surface area (Å²) < 4.78 is 21.1. The number of rotatable bonds is 5. The first-order valence-corrected chi connectivity index (χ1v) is 5.80. The highest BCUT2D eigenvalue weighted by molar-refractivity contribution is 7.58. The summed E-state index contributed by atoms with van der Waals surface area (Å²) in [6.45, 7) is 1.20. The molecule has 0 aliphatic carbocycles. The summed E-state index contributed by atoms with van der Waals surface area (Å²) >= 11 is 0. The lowest BCUT2D eigenvalue weighted by molar-refractivity contribution is -0.142. The van der Waals surface area contributed by atoms with Crippen LogP contribution in [0.25, 0.3) is 0 Å². The largest absolute Gasteiger partial charge is 0.467 e. The molecule has 0 aliphatic rings. The van der Waals surface area contributed by atoms with Crippen LogP contribution in [0.1, 0.15) is 6.92 Å². The fourth-order valence-electron chi connectivity index (χ4n) is 0.913. The van der Waals surface area contributed by atoms with Crippen LogP contribution in [-0.2, 0) is 23.4 Å². The number of carbonyl (C=O) groups is 2. The molecule has 2 N–H and O–H groups in total. The highest BCUT2D eigenvalue weighted by Crippen LogP contribution is 2.45. The molecule has 15 heavy (non-hydrogen) atoms. The van der Waals surface area contributed by atoms with E-state index in [9.17, 15) is 14.2 Å². The van der Waals surface area contributed by atoms with Crippen molar-refractivity contribution in [2.24, 2.45) is 0 Å². The zero-order valence-electron chi connectivity index (χ0n) is 9.07. The number of amides is 1. The second kappa shape index (κ2) is 5.85. The maximum absolute atomic E-state index is 11.9. The van der Waals surface area contributed by atoms with Crippen molar-refractivity contribution in [2.45, 2.75) is 12.7 Å². The van der Waals surface area contributed by atoms with Gasteiger partial charge < -0.3 is 14.6 Å². The van der Waals surface area contributed by atoms with Crippen LogP contribution in [0.4, 0.5) is 0 Å². The smallest absolute Gasteiger partial charge is 0.340 e. The van der Waals surface area contributed by atoms with Gasteiger partial charge in [0.05, 0.1) is 7.11 Å². The SMILES string of the molecule is CNP(=O)(OC)C(NC(C)=O)C(=O)OC. The molecule has 2 atom stereocenters. The van der Waals surface area contributed by atoms with Crippen molar-refractivity contribution in [1.29, 1.82) is 0 Å². The van der Waals surface area contributed by atoms with Crippen LogP contribution in [0, 0.1) is 0 Å². The zero-order chi connectivity index (χ0) is 12.1. The highest BCUT2D eigenvalue weighted by Gasteiger charge is 2.39. The Balaban J connectivity index is 4.99. The third-order valence-electron chi connectivity index (χ3n) is 1.69. The van der Waals surface area contributed by atoms with Crippen LogP contribution < -0.4 is 10.4 Å². The Morgan fingerprint density at radius 2 is 1.87 bits per heavy atom. The molecule has 0 bridgehead atoms. The molecule has 1 amide bonds. The average Bonchev–Trinajstić information content (AvgIpc) is 2.23. The summed E-state index contributed by atoms with van der Waals surface area (Å²) in [5, 5.41) is 4.58. The second-order valence-corrected chi connectivity index (χ2v) is 5.15. The molecule has 0 aliphatic heterocycles. The number of methoxy groups -OCH3 is 1. The van der Waals surface area contributed by atoms with Crippen molar-refractivity contribution in [3.8, 4) is 0 Å². The Bertz CT molecular complexity index is 285. The summed E-state index contributed by atoms with van der Waals surface area (Å²) in [5.74, 6) is -2.67. The minimum absolute atomic E-state index is 0.502. The highest BCUT2D eigenvalue weighted by atomic mass is 31.2. The Labute approximate surface area is 88.0 Å². The molecule has 0 saturated carbocycles. The third-order valence-corrected chi connectivity index (χ3v) is 3.87. The summed E-state index contributed by atoms with van der Waals surface area (Å²) in [4.78, 5) is 22.1. The van der Waals surface area contributed by atoms with Gasteiger partial charge in [0.15, 0.2) is 0 Å². The predicted octanol–water partition coefficient (Wildman–Crippen LogP) is -0.320. The van der Waals surface area contributed by atoms with Gasteiger partial charge in [-0.25, -0.2) is 9.88 Å². The Hall–Kier alpha value is -0.910. The molecular weight excluding hydrogens is 223 g/mol. The van der Waals surface area contributed by atoms with Gasteiger partial charge in [-0.15, -0.1) is 0 Å². The van der Waals surface area contributed by atoms with E-state index in [4.69, 9.17) is 4.52 Å². The fourth-order valence-corrected chi connectivity index (χ4v) is 2.30. The van der Waals surface area contributed by atoms with Gasteiger partial charge >= 0.3 is 13.5 Å². The summed E-state index contributed by atoms with van der Waals surface area (Å²) in [7, 11) is 0.196. The third kappa shape index (κ3) is 3.62. The van der Waals surface area contributed by atoms with Crippen LogP contribution in [0.5, 0.6) is 0 Å². The molecule has 0 heterocycles. The van der Waals surface area contributed by atoms with Gasteiger partial charge in [-0.05, 0) is 7.05 Å². The lowest BCUT2D eigenvalue weighted by Crippen LogP contribution is -2.42. The Kier molecular flexibility index (Phi) is 5.49. The average molecular weight is 238 g/mol. The first kappa shape index (κ1) is 14.1. The lowest BCUT2D eigenvalue weighted by atomic mass is 10.6. The van der Waals surface area contributed by atoms with Gasteiger partial charge in [0.2, 0.25) is 11.7 Å². The Morgan fingerprint density at radius 3 is 2.13 bits per heavy atom. The first-order valence-electron chi connectivity index (χ1n) is 4.10. The number of nitrogens with one attached hydrogen (secondary N) is 2. The van der Waals surface area contributed by atoms with E-state index in [1.807, 2.05) is 0 Å². The summed E-state index contributed by atoms with van der Waals surface area (Å²) in [5.41, 5.74) is 0. The molecule has 0 spiro atoms. The van der Waals surface area contributed by atoms with Crippen LogP contribution in [0.3, 0.4) is 0 Å². The minimum Gasteiger partial charge on any atom is -0.467 e. The standard InChI is InChI=1S/C7H15N2O5P/c1-5(10)9-6(7(11)13-3)15(12,8-2)14-4/h6H,1-4H3,(H,8,12)(H,9,10). The van der Waals surface area contributed by atoms with E-state index in [1.54, 1.807) is 0 Å². The second-order valence-electron chi connectivity index (χ2n) is 2.63. The topological polar surface area (TPSA) is 93.7 Å². The van der Waals surface area contributed by atoms with E-state index < -0.39 is 25.2 Å². The van der Waals surface area contributed by atoms with Crippen molar-refractivity contribution < 1.29 is 23.4 Å². The molecule has 0 aromatic heterocycles. The van der Waals surface area contributed by atoms with Crippen molar-refractivity contribution in [1.82, 2.24) is 10.4 Å². The molecule has 0 aromatic carbocycles. The molecular formula is C7H15N2O5P. The van der Waals surface area contributed by atoms with Gasteiger partial charge in [-0.1, -0.05) is 0 Å². The molecule has 88 valence electrons. The molecule has 0 saturated heterocycles. The number of ether oxygens (including phenoxy) is 1. The van der Waals surface area contributed by atoms with E-state index in [0.29, 0.717) is 0 Å². The number of carbonyl (C=O) groups excluding carboxylic acids is 2. The normalized spacial score (nSPS) is 16.3. The number of esters is 1. The van der Waals surface area contributed by atoms with E-state index in [0.717, 1.165) is 7.11 Å². The zero-order valence-corrected chi connectivity index (χ0v) is 9.96. The van der Waals surface area contributed by atoms with Crippen LogP contribution in [0.15, 0.2) is 0 Å². The predicted molar refractivity (Wildman–Crippen MR) is 53.3 cm³/mol. The molecule has 8 heteroatoms. The molecule has 0 radical (unpaired) electrons. The monoisotopic (exact) mass is 238 g/mol. The van der Waals surface area contributed by atoms with Crippen LogP contribution in [-0.4, -0.2) is 38.9 Å². The van der Waals surface area contributed by atoms with Crippen molar-refractivity contribution >= 4 is 19.4 Å². The van der Waals surface area contributed by atoms with Crippen LogP contribution in [0.2, 0.25) is 0 Å². The molecule has 7 nitrogen and oxygen atoms in total. The van der Waals surface area contributed by atoms with E-state index in [1.165, 1.54) is 21.1 Å². The van der Waals surface area contributed by atoms with E-state index >= 15 is 0 Å². The van der Waals surface area contributed by atoms with Crippen molar-refractivity contribution in [2.75, 3.05) is 21.3 Å². The van der Waals surface area contributed by atoms with Gasteiger partial charge in [-0.2, -0.15) is 0 Å². The molecule has 0 rings (SSSR count). The van der Waals surface area contributed by atoms with Gasteiger partial charge in [-0.3, -0.25) is 9.36 Å². The molecule has 0 aromatic rings. The van der Waals surface area contributed by atoms with Crippen molar-refractivity contribution in [3.05, 3.63) is 0 Å². The lowest BCUT2D eigenvalue weighted by Gasteiger charge is -2.23. The van der Waals surface area contributed by atoms with Crippen molar-refractivity contribution in [3.63, 3.8) is 0 Å². The summed E-state index contributed by atoms with van der Waals surface area (Å²) in [6, 6.07) is 0. The fraction of sp³-hybridized carbons (Fsp3) is 0.714. The Morgan fingerprint density at radius 1 is 1.33 bits per heavy atom. The van der Waals surface area contributed by atoms with E-state index in [2.05, 4.69) is 15.1 Å². The first-order chi connectivity index (χ1) is 6.91. The van der Waals surface area contributed by atoms with Gasteiger partial charge in [0.1, 0.15) is 0 Å². The maximum Gasteiger partial charge on any atom is 0.340 e. The number of hydrogen-bond donors (Lipinski definition) is 2. The molecule has 0 fully saturated rings. The summed E-state index contributed by atoms with van der Waals surface area (Å²) in [6.07, 6.45) is 0.